The van der Waals surface area contributed by atoms with Crippen LogP contribution in [-0.4, -0.2) is 41.9 Å². The van der Waals surface area contributed by atoms with Crippen molar-refractivity contribution in [2.75, 3.05) is 18.0 Å². The maximum atomic E-state index is 11.9. The first kappa shape index (κ1) is 13.2. The Bertz CT molecular complexity index is 524. The van der Waals surface area contributed by atoms with E-state index in [9.17, 15) is 14.4 Å². The monoisotopic (exact) mass is 262 g/mol. The van der Waals surface area contributed by atoms with Crippen LogP contribution in [0.5, 0.6) is 0 Å². The number of anilines is 1. The number of rotatable bonds is 3. The predicted molar refractivity (Wildman–Crippen MR) is 68.2 cm³/mol. The fourth-order valence-corrected chi connectivity index (χ4v) is 2.04. The highest BCUT2D eigenvalue weighted by molar-refractivity contribution is 6.02. The van der Waals surface area contributed by atoms with Crippen LogP contribution < -0.4 is 10.2 Å². The van der Waals surface area contributed by atoms with Crippen molar-refractivity contribution in [1.29, 1.82) is 0 Å². The summed E-state index contributed by atoms with van der Waals surface area (Å²) in [4.78, 5) is 35.5. The summed E-state index contributed by atoms with van der Waals surface area (Å²) in [6.45, 7) is 1.76. The molecule has 1 aliphatic heterocycles. The minimum atomic E-state index is -1.06. The molecule has 6 heteroatoms. The van der Waals surface area contributed by atoms with Crippen LogP contribution in [-0.2, 0) is 9.59 Å². The largest absolute Gasteiger partial charge is 0.480 e. The van der Waals surface area contributed by atoms with Crippen LogP contribution in [0, 0.1) is 0 Å². The summed E-state index contributed by atoms with van der Waals surface area (Å²) in [6.07, 6.45) is 0. The van der Waals surface area contributed by atoms with Gasteiger partial charge in [0.2, 0.25) is 5.91 Å². The molecule has 1 unspecified atom stereocenters. The molecular formula is C13H14N2O4. The smallest absolute Gasteiger partial charge is 0.328 e. The molecule has 2 rings (SSSR count). The highest BCUT2D eigenvalue weighted by Gasteiger charge is 2.34. The Labute approximate surface area is 110 Å². The van der Waals surface area contributed by atoms with Gasteiger partial charge in [-0.15, -0.1) is 0 Å². The second kappa shape index (κ2) is 5.19. The first-order chi connectivity index (χ1) is 9.00. The van der Waals surface area contributed by atoms with Crippen LogP contribution in [0.2, 0.25) is 0 Å². The number of nitrogens with zero attached hydrogens (tertiary/aromatic N) is 1. The molecule has 0 radical (unpaired) electrons. The van der Waals surface area contributed by atoms with E-state index in [1.807, 2.05) is 0 Å². The van der Waals surface area contributed by atoms with E-state index in [2.05, 4.69) is 5.32 Å². The number of carbonyl (C=O) groups excluding carboxylic acids is 2. The first-order valence-corrected chi connectivity index (χ1v) is 5.87. The highest BCUT2D eigenvalue weighted by Crippen LogP contribution is 2.20. The number of carboxylic acids is 1. The molecule has 2 N–H and O–H groups in total. The number of ketones is 1. The average molecular weight is 262 g/mol. The zero-order chi connectivity index (χ0) is 14.0. The van der Waals surface area contributed by atoms with Crippen molar-refractivity contribution in [2.45, 2.75) is 13.0 Å². The SMILES string of the molecule is CC(=O)c1ccc(N2C(=O)CNCC2C(=O)O)cc1. The molecule has 1 saturated heterocycles. The van der Waals surface area contributed by atoms with Gasteiger partial charge in [-0.1, -0.05) is 0 Å². The zero-order valence-corrected chi connectivity index (χ0v) is 10.4. The third-order valence-electron chi connectivity index (χ3n) is 3.03. The van der Waals surface area contributed by atoms with E-state index in [1.54, 1.807) is 24.3 Å². The van der Waals surface area contributed by atoms with Crippen LogP contribution in [0.1, 0.15) is 17.3 Å². The summed E-state index contributed by atoms with van der Waals surface area (Å²) in [5.41, 5.74) is 1.02. The van der Waals surface area contributed by atoms with Crippen LogP contribution in [0.15, 0.2) is 24.3 Å². The number of nitrogens with one attached hydrogen (secondary N) is 1. The van der Waals surface area contributed by atoms with E-state index < -0.39 is 12.0 Å². The van der Waals surface area contributed by atoms with Gasteiger partial charge in [-0.3, -0.25) is 14.5 Å². The fourth-order valence-electron chi connectivity index (χ4n) is 2.04. The Balaban J connectivity index is 2.33. The van der Waals surface area contributed by atoms with Crippen LogP contribution >= 0.6 is 0 Å². The number of carbonyl (C=O) groups is 3. The second-order valence-corrected chi connectivity index (χ2v) is 4.35. The Kier molecular flexibility index (Phi) is 3.62. The maximum absolute atomic E-state index is 11.9. The van der Waals surface area contributed by atoms with Gasteiger partial charge >= 0.3 is 5.97 Å². The van der Waals surface area contributed by atoms with E-state index in [-0.39, 0.29) is 24.8 Å². The number of aliphatic carboxylic acids is 1. The van der Waals surface area contributed by atoms with Crippen molar-refractivity contribution in [3.63, 3.8) is 0 Å². The summed E-state index contributed by atoms with van der Waals surface area (Å²) in [5.74, 6) is -1.43. The molecule has 1 fully saturated rings. The Hall–Kier alpha value is -2.21. The van der Waals surface area contributed by atoms with Gasteiger partial charge in [-0.25, -0.2) is 4.79 Å². The van der Waals surface area contributed by atoms with Gasteiger partial charge in [-0.2, -0.15) is 0 Å². The molecule has 0 saturated carbocycles. The lowest BCUT2D eigenvalue weighted by molar-refractivity contribution is -0.140. The zero-order valence-electron chi connectivity index (χ0n) is 10.4. The number of carboxylic acid groups (broad SMARTS) is 1. The molecule has 0 aromatic heterocycles. The number of Topliss-reactive ketones (excluding diaryl/α,β-unsaturated/α-hetero) is 1. The summed E-state index contributed by atoms with van der Waals surface area (Å²) in [5, 5.41) is 11.9. The van der Waals surface area contributed by atoms with Gasteiger partial charge in [0.1, 0.15) is 6.04 Å². The van der Waals surface area contributed by atoms with Crippen molar-refractivity contribution in [2.24, 2.45) is 0 Å². The lowest BCUT2D eigenvalue weighted by Gasteiger charge is -2.33. The Morgan fingerprint density at radius 2 is 1.95 bits per heavy atom. The van der Waals surface area contributed by atoms with E-state index in [0.717, 1.165) is 0 Å². The van der Waals surface area contributed by atoms with Gasteiger partial charge in [0.05, 0.1) is 6.54 Å². The molecule has 1 atom stereocenters. The van der Waals surface area contributed by atoms with E-state index >= 15 is 0 Å². The van der Waals surface area contributed by atoms with E-state index in [1.165, 1.54) is 11.8 Å². The molecule has 100 valence electrons. The van der Waals surface area contributed by atoms with Crippen LogP contribution in [0.4, 0.5) is 5.69 Å². The third kappa shape index (κ3) is 2.63. The molecular weight excluding hydrogens is 248 g/mol. The first-order valence-electron chi connectivity index (χ1n) is 5.87. The number of amides is 1. The van der Waals surface area contributed by atoms with E-state index in [4.69, 9.17) is 5.11 Å². The molecule has 0 aliphatic carbocycles. The summed E-state index contributed by atoms with van der Waals surface area (Å²) in [6, 6.07) is 5.44. The Morgan fingerprint density at radius 3 is 2.47 bits per heavy atom. The standard InChI is InChI=1S/C13H14N2O4/c1-8(16)9-2-4-10(5-3-9)15-11(13(18)19)6-14-7-12(15)17/h2-5,11,14H,6-7H2,1H3,(H,18,19). The van der Waals surface area contributed by atoms with Gasteiger partial charge < -0.3 is 10.4 Å². The topological polar surface area (TPSA) is 86.7 Å². The molecule has 1 aliphatic rings. The molecule has 1 aromatic rings. The predicted octanol–water partition coefficient (Wildman–Crippen LogP) is 0.279. The summed E-state index contributed by atoms with van der Waals surface area (Å²) >= 11 is 0. The summed E-state index contributed by atoms with van der Waals surface area (Å²) < 4.78 is 0. The van der Waals surface area contributed by atoms with Crippen LogP contribution in [0.3, 0.4) is 0 Å². The lowest BCUT2D eigenvalue weighted by atomic mass is 10.1. The maximum Gasteiger partial charge on any atom is 0.328 e. The van der Waals surface area contributed by atoms with Crippen molar-refractivity contribution < 1.29 is 19.5 Å². The van der Waals surface area contributed by atoms with Crippen molar-refractivity contribution >= 4 is 23.3 Å². The Morgan fingerprint density at radius 1 is 1.32 bits per heavy atom. The number of hydrogen-bond acceptors (Lipinski definition) is 4. The van der Waals surface area contributed by atoms with Gasteiger partial charge in [0.15, 0.2) is 5.78 Å². The number of piperazine rings is 1. The molecule has 19 heavy (non-hydrogen) atoms. The number of hydrogen-bond donors (Lipinski definition) is 2. The second-order valence-electron chi connectivity index (χ2n) is 4.35. The summed E-state index contributed by atoms with van der Waals surface area (Å²) in [7, 11) is 0. The molecule has 1 aromatic carbocycles. The normalized spacial score (nSPS) is 19.3. The molecule has 0 spiro atoms. The lowest BCUT2D eigenvalue weighted by Crippen LogP contribution is -2.58. The van der Waals surface area contributed by atoms with Crippen molar-refractivity contribution in [3.8, 4) is 0 Å². The fraction of sp³-hybridized carbons (Fsp3) is 0.308. The van der Waals surface area contributed by atoms with Gasteiger partial charge in [-0.05, 0) is 31.2 Å². The average Bonchev–Trinajstić information content (AvgIpc) is 2.38. The van der Waals surface area contributed by atoms with E-state index in [0.29, 0.717) is 11.3 Å². The molecule has 0 bridgehead atoms. The van der Waals surface area contributed by atoms with Gasteiger partial charge in [0.25, 0.3) is 0 Å². The quantitative estimate of drug-likeness (QED) is 0.764. The highest BCUT2D eigenvalue weighted by atomic mass is 16.4. The molecule has 6 nitrogen and oxygen atoms in total. The van der Waals surface area contributed by atoms with Gasteiger partial charge in [0, 0.05) is 17.8 Å². The molecule has 1 heterocycles. The number of benzene rings is 1. The third-order valence-corrected chi connectivity index (χ3v) is 3.03. The minimum absolute atomic E-state index is 0.0760. The van der Waals surface area contributed by atoms with Crippen molar-refractivity contribution in [1.82, 2.24) is 5.32 Å². The van der Waals surface area contributed by atoms with Crippen molar-refractivity contribution in [3.05, 3.63) is 29.8 Å². The minimum Gasteiger partial charge on any atom is -0.480 e. The van der Waals surface area contributed by atoms with Crippen LogP contribution in [0.25, 0.3) is 0 Å². The molecule has 1 amide bonds.